The highest BCUT2D eigenvalue weighted by Crippen LogP contribution is 2.36. The molecule has 90 valence electrons. The molecule has 1 aliphatic carbocycles. The number of hydrogen-bond donors (Lipinski definition) is 0. The molecular formula is C14H18N2O. The monoisotopic (exact) mass is 230 g/mol. The van der Waals surface area contributed by atoms with Gasteiger partial charge < -0.3 is 9.64 Å². The van der Waals surface area contributed by atoms with Crippen molar-refractivity contribution < 1.29 is 4.74 Å². The summed E-state index contributed by atoms with van der Waals surface area (Å²) < 4.78 is 5.18. The van der Waals surface area contributed by atoms with Crippen molar-refractivity contribution in [2.24, 2.45) is 10.9 Å². The highest BCUT2D eigenvalue weighted by Gasteiger charge is 2.33. The lowest BCUT2D eigenvalue weighted by molar-refractivity contribution is 0.415. The number of aliphatic imine (C=N–C) groups is 1. The molecule has 3 heteroatoms. The Labute approximate surface area is 102 Å². The second kappa shape index (κ2) is 4.40. The summed E-state index contributed by atoms with van der Waals surface area (Å²) >= 11 is 0. The Morgan fingerprint density at radius 2 is 2.00 bits per heavy atom. The van der Waals surface area contributed by atoms with Gasteiger partial charge in [-0.25, -0.2) is 0 Å². The van der Waals surface area contributed by atoms with Crippen LogP contribution in [0.3, 0.4) is 0 Å². The van der Waals surface area contributed by atoms with E-state index in [1.54, 1.807) is 7.11 Å². The van der Waals surface area contributed by atoms with Gasteiger partial charge in [0.1, 0.15) is 5.75 Å². The molecule has 1 aromatic rings. The van der Waals surface area contributed by atoms with Crippen molar-refractivity contribution in [2.75, 3.05) is 25.1 Å². The van der Waals surface area contributed by atoms with E-state index in [2.05, 4.69) is 28.2 Å². The van der Waals surface area contributed by atoms with Gasteiger partial charge in [0.2, 0.25) is 0 Å². The van der Waals surface area contributed by atoms with Gasteiger partial charge >= 0.3 is 0 Å². The lowest BCUT2D eigenvalue weighted by Crippen LogP contribution is -2.38. The maximum absolute atomic E-state index is 5.18. The van der Waals surface area contributed by atoms with Crippen LogP contribution in [-0.4, -0.2) is 32.5 Å². The zero-order chi connectivity index (χ0) is 11.7. The van der Waals surface area contributed by atoms with Crippen LogP contribution in [0.15, 0.2) is 29.3 Å². The number of benzene rings is 1. The molecule has 1 fully saturated rings. The minimum Gasteiger partial charge on any atom is -0.497 e. The van der Waals surface area contributed by atoms with Crippen LogP contribution in [0.25, 0.3) is 0 Å². The molecule has 1 unspecified atom stereocenters. The van der Waals surface area contributed by atoms with Gasteiger partial charge in [-0.15, -0.1) is 0 Å². The minimum absolute atomic E-state index is 0.519. The van der Waals surface area contributed by atoms with Crippen molar-refractivity contribution in [3.05, 3.63) is 24.3 Å². The fourth-order valence-corrected chi connectivity index (χ4v) is 2.38. The fraction of sp³-hybridized carbons (Fsp3) is 0.500. The predicted octanol–water partition coefficient (Wildman–Crippen LogP) is 2.36. The van der Waals surface area contributed by atoms with Gasteiger partial charge in [-0.05, 0) is 43.0 Å². The second-order valence-corrected chi connectivity index (χ2v) is 4.84. The Balaban J connectivity index is 1.72. The number of ether oxygens (including phenoxy) is 1. The molecule has 0 N–H and O–H groups in total. The highest BCUT2D eigenvalue weighted by atomic mass is 16.5. The van der Waals surface area contributed by atoms with Crippen LogP contribution in [0.1, 0.15) is 12.8 Å². The third-order valence-electron chi connectivity index (χ3n) is 3.61. The van der Waals surface area contributed by atoms with Crippen molar-refractivity contribution in [3.8, 4) is 5.75 Å². The standard InChI is InChI=1S/C14H18N2O/c1-17-13-6-4-12(5-7-13)16-9-8-15-14(10-16)11-2-3-11/h4-8,11,14H,2-3,9-10H2,1H3. The van der Waals surface area contributed by atoms with Gasteiger partial charge in [0.25, 0.3) is 0 Å². The van der Waals surface area contributed by atoms with E-state index >= 15 is 0 Å². The summed E-state index contributed by atoms with van der Waals surface area (Å²) in [5.41, 5.74) is 1.27. The number of anilines is 1. The highest BCUT2D eigenvalue weighted by molar-refractivity contribution is 5.68. The number of hydrogen-bond acceptors (Lipinski definition) is 3. The molecule has 1 heterocycles. The summed E-state index contributed by atoms with van der Waals surface area (Å²) in [6.07, 6.45) is 4.79. The van der Waals surface area contributed by atoms with Crippen LogP contribution >= 0.6 is 0 Å². The molecule has 1 aromatic carbocycles. The summed E-state index contributed by atoms with van der Waals surface area (Å²) in [5.74, 6) is 1.76. The summed E-state index contributed by atoms with van der Waals surface area (Å²) in [7, 11) is 1.70. The van der Waals surface area contributed by atoms with E-state index in [0.29, 0.717) is 6.04 Å². The maximum Gasteiger partial charge on any atom is 0.119 e. The molecule has 1 atom stereocenters. The van der Waals surface area contributed by atoms with Gasteiger partial charge in [-0.3, -0.25) is 4.99 Å². The summed E-state index contributed by atoms with van der Waals surface area (Å²) in [4.78, 5) is 7.01. The molecule has 1 aliphatic heterocycles. The van der Waals surface area contributed by atoms with E-state index in [1.807, 2.05) is 12.1 Å². The normalized spacial score (nSPS) is 23.8. The van der Waals surface area contributed by atoms with Crippen molar-refractivity contribution in [1.29, 1.82) is 0 Å². The molecule has 0 aromatic heterocycles. The van der Waals surface area contributed by atoms with E-state index in [-0.39, 0.29) is 0 Å². The van der Waals surface area contributed by atoms with Gasteiger partial charge in [0, 0.05) is 18.4 Å². The van der Waals surface area contributed by atoms with Crippen molar-refractivity contribution in [1.82, 2.24) is 0 Å². The van der Waals surface area contributed by atoms with E-state index in [9.17, 15) is 0 Å². The molecular weight excluding hydrogens is 212 g/mol. The first-order chi connectivity index (χ1) is 8.36. The third-order valence-corrected chi connectivity index (χ3v) is 3.61. The Kier molecular flexibility index (Phi) is 2.75. The maximum atomic E-state index is 5.18. The fourth-order valence-electron chi connectivity index (χ4n) is 2.38. The molecule has 17 heavy (non-hydrogen) atoms. The molecule has 0 radical (unpaired) electrons. The smallest absolute Gasteiger partial charge is 0.119 e. The van der Waals surface area contributed by atoms with Crippen LogP contribution in [-0.2, 0) is 0 Å². The van der Waals surface area contributed by atoms with E-state index in [4.69, 9.17) is 4.74 Å². The van der Waals surface area contributed by atoms with Crippen molar-refractivity contribution in [3.63, 3.8) is 0 Å². The first kappa shape index (κ1) is 10.6. The topological polar surface area (TPSA) is 24.8 Å². The van der Waals surface area contributed by atoms with Gasteiger partial charge in [-0.1, -0.05) is 0 Å². The van der Waals surface area contributed by atoms with Crippen molar-refractivity contribution in [2.45, 2.75) is 18.9 Å². The molecule has 3 rings (SSSR count). The largest absolute Gasteiger partial charge is 0.497 e. The lowest BCUT2D eigenvalue weighted by Gasteiger charge is -2.30. The minimum atomic E-state index is 0.519. The number of rotatable bonds is 3. The van der Waals surface area contributed by atoms with E-state index < -0.39 is 0 Å². The molecule has 0 spiro atoms. The predicted molar refractivity (Wildman–Crippen MR) is 70.2 cm³/mol. The van der Waals surface area contributed by atoms with Gasteiger partial charge in [0.05, 0.1) is 19.7 Å². The SMILES string of the molecule is COc1ccc(N2CC=NC(C3CC3)C2)cc1. The van der Waals surface area contributed by atoms with Gasteiger partial charge in [0.15, 0.2) is 0 Å². The average Bonchev–Trinajstić information content (AvgIpc) is 3.23. The number of methoxy groups -OCH3 is 1. The first-order valence-corrected chi connectivity index (χ1v) is 6.27. The lowest BCUT2D eigenvalue weighted by atomic mass is 10.1. The van der Waals surface area contributed by atoms with Crippen molar-refractivity contribution >= 4 is 11.9 Å². The third kappa shape index (κ3) is 2.28. The molecule has 3 nitrogen and oxygen atoms in total. The summed E-state index contributed by atoms with van der Waals surface area (Å²) in [5, 5.41) is 0. The first-order valence-electron chi connectivity index (χ1n) is 6.27. The van der Waals surface area contributed by atoms with E-state index in [0.717, 1.165) is 24.8 Å². The Bertz CT molecular complexity index is 409. The molecule has 0 saturated heterocycles. The van der Waals surface area contributed by atoms with Gasteiger partial charge in [-0.2, -0.15) is 0 Å². The van der Waals surface area contributed by atoms with E-state index in [1.165, 1.54) is 18.5 Å². The zero-order valence-corrected chi connectivity index (χ0v) is 10.2. The molecule has 0 bridgehead atoms. The zero-order valence-electron chi connectivity index (χ0n) is 10.2. The van der Waals surface area contributed by atoms with Crippen LogP contribution in [0, 0.1) is 5.92 Å². The Morgan fingerprint density at radius 1 is 1.24 bits per heavy atom. The molecule has 1 saturated carbocycles. The Hall–Kier alpha value is -1.51. The van der Waals surface area contributed by atoms with Crippen LogP contribution < -0.4 is 9.64 Å². The van der Waals surface area contributed by atoms with Crippen LogP contribution in [0.4, 0.5) is 5.69 Å². The molecule has 0 amide bonds. The summed E-state index contributed by atoms with van der Waals surface area (Å²) in [6.45, 7) is 1.99. The average molecular weight is 230 g/mol. The Morgan fingerprint density at radius 3 is 2.65 bits per heavy atom. The van der Waals surface area contributed by atoms with Crippen LogP contribution in [0.2, 0.25) is 0 Å². The quantitative estimate of drug-likeness (QED) is 0.796. The number of nitrogens with zero attached hydrogens (tertiary/aromatic N) is 2. The van der Waals surface area contributed by atoms with Crippen LogP contribution in [0.5, 0.6) is 5.75 Å². The summed E-state index contributed by atoms with van der Waals surface area (Å²) in [6, 6.07) is 8.82. The second-order valence-electron chi connectivity index (χ2n) is 4.84. The molecule has 2 aliphatic rings.